The van der Waals surface area contributed by atoms with Crippen LogP contribution in [0.1, 0.15) is 41.0 Å². The van der Waals surface area contributed by atoms with Gasteiger partial charge < -0.3 is 19.3 Å². The summed E-state index contributed by atoms with van der Waals surface area (Å²) in [7, 11) is 0. The Morgan fingerprint density at radius 3 is 2.27 bits per heavy atom. The predicted molar refractivity (Wildman–Crippen MR) is 74.6 cm³/mol. The predicted octanol–water partition coefficient (Wildman–Crippen LogP) is 2.41. The van der Waals surface area contributed by atoms with Crippen molar-refractivity contribution in [2.75, 3.05) is 0 Å². The third-order valence-corrected chi connectivity index (χ3v) is 2.72. The molecule has 128 valence electrons. The Labute approximate surface area is 129 Å². The van der Waals surface area contributed by atoms with Crippen LogP contribution in [-0.4, -0.2) is 33.8 Å². The van der Waals surface area contributed by atoms with Crippen LogP contribution >= 0.6 is 0 Å². The van der Waals surface area contributed by atoms with Gasteiger partial charge in [-0.1, -0.05) is 6.58 Å². The second-order valence-electron chi connectivity index (χ2n) is 6.10. The van der Waals surface area contributed by atoms with Gasteiger partial charge in [0.2, 0.25) is 0 Å². The highest BCUT2D eigenvalue weighted by Gasteiger charge is 2.44. The fourth-order valence-corrected chi connectivity index (χ4v) is 1.65. The van der Waals surface area contributed by atoms with Gasteiger partial charge in [0, 0.05) is 6.42 Å². The summed E-state index contributed by atoms with van der Waals surface area (Å²) in [5.74, 6) is -2.49. The smallest absolute Gasteiger partial charge is 0.277 e. The molecule has 0 spiro atoms. The summed E-state index contributed by atoms with van der Waals surface area (Å²) in [6.45, 7) is 14.7. The lowest BCUT2D eigenvalue weighted by atomic mass is 10.0. The highest BCUT2D eigenvalue weighted by atomic mass is 17.3. The van der Waals surface area contributed by atoms with E-state index >= 15 is 0 Å². The van der Waals surface area contributed by atoms with Crippen molar-refractivity contribution < 1.29 is 39.2 Å². The van der Waals surface area contributed by atoms with Gasteiger partial charge in [0.15, 0.2) is 23.5 Å². The first-order chi connectivity index (χ1) is 9.87. The summed E-state index contributed by atoms with van der Waals surface area (Å²) in [6.07, 6.45) is -0.988. The molecule has 2 atom stereocenters. The number of hydrogen-bond donors (Lipinski definition) is 2. The number of rotatable bonds is 8. The maximum absolute atomic E-state index is 9.57. The van der Waals surface area contributed by atoms with Crippen molar-refractivity contribution in [1.29, 1.82) is 0 Å². The van der Waals surface area contributed by atoms with Gasteiger partial charge in [0.25, 0.3) is 5.95 Å². The molecule has 0 amide bonds. The van der Waals surface area contributed by atoms with E-state index in [1.807, 2.05) is 0 Å². The van der Waals surface area contributed by atoms with Gasteiger partial charge in [0.05, 0.1) is 0 Å². The summed E-state index contributed by atoms with van der Waals surface area (Å²) in [6, 6.07) is 0. The molecule has 0 saturated carbocycles. The van der Waals surface area contributed by atoms with Gasteiger partial charge in [-0.3, -0.25) is 0 Å². The maximum Gasteiger partial charge on any atom is 0.277 e. The molecule has 2 N–H and O–H groups in total. The quantitative estimate of drug-likeness (QED) is 0.400. The van der Waals surface area contributed by atoms with Crippen LogP contribution in [0.3, 0.4) is 0 Å². The molecule has 1 aliphatic heterocycles. The van der Waals surface area contributed by atoms with E-state index < -0.39 is 23.5 Å². The van der Waals surface area contributed by atoms with E-state index in [-0.39, 0.29) is 12.4 Å². The zero-order valence-electron chi connectivity index (χ0n) is 13.5. The van der Waals surface area contributed by atoms with Crippen LogP contribution < -0.4 is 0 Å². The van der Waals surface area contributed by atoms with E-state index in [0.717, 1.165) is 0 Å². The van der Waals surface area contributed by atoms with Gasteiger partial charge in [-0.2, -0.15) is 4.89 Å². The molecule has 1 rings (SSSR count). The van der Waals surface area contributed by atoms with Crippen LogP contribution in [0, 0.1) is 0 Å². The molecule has 2 unspecified atom stereocenters. The standard InChI is InChI=1S/C14H24O8/c1-9-14(7,18-10(2)17-9)8-11(19-13(5,6)21-16)20-22-12(3,4)15/h11,15-16H,1-2,8H2,3-7H3. The summed E-state index contributed by atoms with van der Waals surface area (Å²) in [5.41, 5.74) is -0.976. The second-order valence-corrected chi connectivity index (χ2v) is 6.10. The van der Waals surface area contributed by atoms with E-state index in [0.29, 0.717) is 5.76 Å². The normalized spacial score (nSPS) is 24.1. The van der Waals surface area contributed by atoms with Crippen LogP contribution in [0.4, 0.5) is 0 Å². The fraction of sp³-hybridized carbons (Fsp3) is 0.714. The molecule has 0 aromatic heterocycles. The molecule has 0 aromatic rings. The first-order valence-electron chi connectivity index (χ1n) is 6.69. The molecule has 0 aromatic carbocycles. The number of aliphatic hydroxyl groups is 1. The molecular formula is C14H24O8. The van der Waals surface area contributed by atoms with Crippen molar-refractivity contribution in [3.05, 3.63) is 24.9 Å². The van der Waals surface area contributed by atoms with Gasteiger partial charge in [-0.05, 0) is 41.2 Å². The third-order valence-electron chi connectivity index (χ3n) is 2.72. The monoisotopic (exact) mass is 320 g/mol. The van der Waals surface area contributed by atoms with Gasteiger partial charge in [-0.25, -0.2) is 15.0 Å². The Morgan fingerprint density at radius 2 is 1.86 bits per heavy atom. The summed E-state index contributed by atoms with van der Waals surface area (Å²) < 4.78 is 16.1. The Balaban J connectivity index is 2.81. The zero-order chi connectivity index (χ0) is 17.2. The minimum absolute atomic E-state index is 0.0771. The number of hydrogen-bond acceptors (Lipinski definition) is 8. The van der Waals surface area contributed by atoms with Crippen LogP contribution in [0.2, 0.25) is 0 Å². The summed E-state index contributed by atoms with van der Waals surface area (Å²) in [4.78, 5) is 14.1. The molecule has 8 nitrogen and oxygen atoms in total. The largest absolute Gasteiger partial charge is 0.451 e. The van der Waals surface area contributed by atoms with Gasteiger partial charge in [0.1, 0.15) is 5.76 Å². The van der Waals surface area contributed by atoms with Crippen LogP contribution in [0.25, 0.3) is 0 Å². The van der Waals surface area contributed by atoms with Crippen molar-refractivity contribution in [2.24, 2.45) is 0 Å². The first kappa shape index (κ1) is 18.9. The molecule has 0 bridgehead atoms. The van der Waals surface area contributed by atoms with E-state index in [1.165, 1.54) is 27.7 Å². The molecule has 1 heterocycles. The van der Waals surface area contributed by atoms with Crippen LogP contribution in [-0.2, 0) is 28.9 Å². The fourth-order valence-electron chi connectivity index (χ4n) is 1.65. The van der Waals surface area contributed by atoms with E-state index in [2.05, 4.69) is 18.0 Å². The second kappa shape index (κ2) is 6.53. The molecule has 0 aliphatic carbocycles. The van der Waals surface area contributed by atoms with Crippen molar-refractivity contribution in [3.8, 4) is 0 Å². The summed E-state index contributed by atoms with van der Waals surface area (Å²) in [5, 5.41) is 18.4. The lowest BCUT2D eigenvalue weighted by Gasteiger charge is -2.32. The van der Waals surface area contributed by atoms with Crippen molar-refractivity contribution >= 4 is 0 Å². The van der Waals surface area contributed by atoms with Crippen molar-refractivity contribution in [2.45, 2.75) is 64.5 Å². The van der Waals surface area contributed by atoms with Crippen molar-refractivity contribution in [1.82, 2.24) is 0 Å². The average Bonchev–Trinajstić information content (AvgIpc) is 2.58. The third kappa shape index (κ3) is 5.56. The lowest BCUT2D eigenvalue weighted by Crippen LogP contribution is -2.41. The van der Waals surface area contributed by atoms with Crippen LogP contribution in [0.5, 0.6) is 0 Å². The molecule has 22 heavy (non-hydrogen) atoms. The van der Waals surface area contributed by atoms with Crippen LogP contribution in [0.15, 0.2) is 24.9 Å². The minimum Gasteiger partial charge on any atom is -0.451 e. The molecular weight excluding hydrogens is 296 g/mol. The summed E-state index contributed by atoms with van der Waals surface area (Å²) >= 11 is 0. The van der Waals surface area contributed by atoms with Crippen molar-refractivity contribution in [3.63, 3.8) is 0 Å². The molecule has 0 radical (unpaired) electrons. The molecule has 1 saturated heterocycles. The van der Waals surface area contributed by atoms with Gasteiger partial charge in [-0.15, -0.1) is 0 Å². The molecule has 1 aliphatic rings. The Morgan fingerprint density at radius 1 is 1.27 bits per heavy atom. The Hall–Kier alpha value is -1.16. The van der Waals surface area contributed by atoms with E-state index in [9.17, 15) is 5.11 Å². The highest BCUT2D eigenvalue weighted by molar-refractivity contribution is 5.12. The van der Waals surface area contributed by atoms with E-state index in [1.54, 1.807) is 6.92 Å². The Bertz CT molecular complexity index is 425. The van der Waals surface area contributed by atoms with Gasteiger partial charge >= 0.3 is 0 Å². The molecule has 1 fully saturated rings. The first-order valence-corrected chi connectivity index (χ1v) is 6.69. The minimum atomic E-state index is -1.54. The Kier molecular flexibility index (Phi) is 5.61. The topological polar surface area (TPSA) is 95.8 Å². The zero-order valence-corrected chi connectivity index (χ0v) is 13.5. The van der Waals surface area contributed by atoms with E-state index in [4.69, 9.17) is 29.2 Å². The maximum atomic E-state index is 9.57. The lowest BCUT2D eigenvalue weighted by molar-refractivity contribution is -0.497. The highest BCUT2D eigenvalue weighted by Crippen LogP contribution is 2.38. The molecule has 8 heteroatoms. The SMILES string of the molecule is C=C1OC(=C)C(C)(CC(OOC(C)(C)O)OC(C)(C)OO)O1. The average molecular weight is 320 g/mol. The number of ether oxygens (including phenoxy) is 3.